The molecule has 0 aliphatic carbocycles. The van der Waals surface area contributed by atoms with Gasteiger partial charge in [0.05, 0.1) is 5.69 Å². The molecule has 7 nitrogen and oxygen atoms in total. The Morgan fingerprint density at radius 1 is 0.960 bits per heavy atom. The highest BCUT2D eigenvalue weighted by atomic mass is 16.2. The molecular weight excluding hydrogens is 318 g/mol. The zero-order valence-corrected chi connectivity index (χ0v) is 13.9. The lowest BCUT2D eigenvalue weighted by molar-refractivity contribution is 0.0827. The zero-order valence-electron chi connectivity index (χ0n) is 13.9. The average molecular weight is 335 g/mol. The van der Waals surface area contributed by atoms with Crippen molar-refractivity contribution in [3.63, 3.8) is 0 Å². The summed E-state index contributed by atoms with van der Waals surface area (Å²) in [4.78, 5) is 29.6. The van der Waals surface area contributed by atoms with Crippen LogP contribution >= 0.6 is 0 Å². The first-order valence-electron chi connectivity index (χ1n) is 7.63. The van der Waals surface area contributed by atoms with Crippen LogP contribution in [0.1, 0.15) is 20.7 Å². The molecule has 0 radical (unpaired) electrons. The van der Waals surface area contributed by atoms with Crippen LogP contribution in [0.25, 0.3) is 5.69 Å². The number of carbonyl (C=O) groups excluding carboxylic acids is 2. The molecule has 0 saturated carbocycles. The fourth-order valence-corrected chi connectivity index (χ4v) is 2.26. The zero-order chi connectivity index (χ0) is 17.8. The number of nitrogens with one attached hydrogen (secondary N) is 1. The Kier molecular flexibility index (Phi) is 4.56. The molecule has 126 valence electrons. The first kappa shape index (κ1) is 16.4. The van der Waals surface area contributed by atoms with Crippen molar-refractivity contribution >= 4 is 17.5 Å². The Hall–Kier alpha value is -3.48. The highest BCUT2D eigenvalue weighted by Crippen LogP contribution is 2.14. The second-order valence-corrected chi connectivity index (χ2v) is 5.62. The van der Waals surface area contributed by atoms with Crippen LogP contribution in [0.5, 0.6) is 0 Å². The summed E-state index contributed by atoms with van der Waals surface area (Å²) in [5.74, 6) is -0.307. The van der Waals surface area contributed by atoms with Gasteiger partial charge in [-0.1, -0.05) is 0 Å². The topological polar surface area (TPSA) is 80.1 Å². The maximum atomic E-state index is 12.3. The molecule has 7 heteroatoms. The number of hydrogen-bond donors (Lipinski definition) is 1. The number of hydrogen-bond acceptors (Lipinski definition) is 4. The van der Waals surface area contributed by atoms with Crippen LogP contribution in [0.3, 0.4) is 0 Å². The van der Waals surface area contributed by atoms with Crippen LogP contribution in [0, 0.1) is 0 Å². The molecule has 0 atom stereocenters. The maximum Gasteiger partial charge on any atom is 0.255 e. The molecule has 0 aliphatic heterocycles. The molecule has 0 saturated heterocycles. The van der Waals surface area contributed by atoms with Gasteiger partial charge in [-0.3, -0.25) is 9.59 Å². The minimum Gasteiger partial charge on any atom is -0.345 e. The van der Waals surface area contributed by atoms with E-state index in [0.29, 0.717) is 16.8 Å². The molecule has 0 aliphatic rings. The first-order valence-corrected chi connectivity index (χ1v) is 7.63. The summed E-state index contributed by atoms with van der Waals surface area (Å²) in [6.07, 6.45) is 3.04. The third kappa shape index (κ3) is 3.72. The molecule has 1 heterocycles. The Balaban J connectivity index is 1.69. The predicted octanol–water partition coefficient (Wildman–Crippen LogP) is 2.22. The SMILES string of the molecule is CN(C)C(=O)c1ccc(NC(=O)c2ccc(-n3cncn3)cc2)cc1. The summed E-state index contributed by atoms with van der Waals surface area (Å²) < 4.78 is 1.61. The molecular formula is C18H17N5O2. The Morgan fingerprint density at radius 3 is 2.16 bits per heavy atom. The molecule has 25 heavy (non-hydrogen) atoms. The molecule has 3 rings (SSSR count). The van der Waals surface area contributed by atoms with E-state index in [0.717, 1.165) is 5.69 Å². The van der Waals surface area contributed by atoms with Crippen molar-refractivity contribution in [2.24, 2.45) is 0 Å². The molecule has 0 fully saturated rings. The third-order valence-electron chi connectivity index (χ3n) is 3.61. The number of rotatable bonds is 4. The molecule has 1 N–H and O–H groups in total. The second kappa shape index (κ2) is 6.96. The highest BCUT2D eigenvalue weighted by Gasteiger charge is 2.09. The van der Waals surface area contributed by atoms with E-state index in [4.69, 9.17) is 0 Å². The van der Waals surface area contributed by atoms with Gasteiger partial charge in [0.2, 0.25) is 0 Å². The van der Waals surface area contributed by atoms with Gasteiger partial charge in [-0.2, -0.15) is 5.10 Å². The Labute approximate surface area is 144 Å². The van der Waals surface area contributed by atoms with Crippen molar-refractivity contribution < 1.29 is 9.59 Å². The normalized spacial score (nSPS) is 10.3. The standard InChI is InChI=1S/C18H17N5O2/c1-22(2)18(25)14-3-7-15(8-4-14)21-17(24)13-5-9-16(10-6-13)23-12-19-11-20-23/h3-12H,1-2H3,(H,21,24). The van der Waals surface area contributed by atoms with Crippen molar-refractivity contribution in [2.45, 2.75) is 0 Å². The van der Waals surface area contributed by atoms with Crippen LogP contribution in [0.2, 0.25) is 0 Å². The minimum atomic E-state index is -0.225. The molecule has 0 unspecified atom stereocenters. The van der Waals surface area contributed by atoms with Gasteiger partial charge < -0.3 is 10.2 Å². The van der Waals surface area contributed by atoms with Crippen molar-refractivity contribution in [3.05, 3.63) is 72.3 Å². The van der Waals surface area contributed by atoms with Crippen molar-refractivity contribution in [2.75, 3.05) is 19.4 Å². The third-order valence-corrected chi connectivity index (χ3v) is 3.61. The fourth-order valence-electron chi connectivity index (χ4n) is 2.26. The van der Waals surface area contributed by atoms with E-state index >= 15 is 0 Å². The number of aromatic nitrogens is 3. The lowest BCUT2D eigenvalue weighted by Gasteiger charge is -2.11. The summed E-state index contributed by atoms with van der Waals surface area (Å²) in [7, 11) is 3.39. The van der Waals surface area contributed by atoms with E-state index in [9.17, 15) is 9.59 Å². The predicted molar refractivity (Wildman–Crippen MR) is 93.8 cm³/mol. The van der Waals surface area contributed by atoms with E-state index in [1.807, 2.05) is 0 Å². The van der Waals surface area contributed by atoms with Crippen LogP contribution in [-0.4, -0.2) is 45.6 Å². The minimum absolute atomic E-state index is 0.0819. The molecule has 3 aromatic rings. The monoisotopic (exact) mass is 335 g/mol. The number of carbonyl (C=O) groups is 2. The first-order chi connectivity index (χ1) is 12.0. The molecule has 2 amide bonds. The van der Waals surface area contributed by atoms with Crippen LogP contribution in [0.4, 0.5) is 5.69 Å². The lowest BCUT2D eigenvalue weighted by Crippen LogP contribution is -2.21. The van der Waals surface area contributed by atoms with Gasteiger partial charge in [0, 0.05) is 30.9 Å². The summed E-state index contributed by atoms with van der Waals surface area (Å²) in [6.45, 7) is 0. The number of benzene rings is 2. The van der Waals surface area contributed by atoms with Gasteiger partial charge in [0.25, 0.3) is 11.8 Å². The molecule has 0 bridgehead atoms. The smallest absolute Gasteiger partial charge is 0.255 e. The van der Waals surface area contributed by atoms with E-state index in [2.05, 4.69) is 15.4 Å². The largest absolute Gasteiger partial charge is 0.345 e. The average Bonchev–Trinajstić information content (AvgIpc) is 3.16. The summed E-state index contributed by atoms with van der Waals surface area (Å²) in [5, 5.41) is 6.85. The van der Waals surface area contributed by atoms with E-state index in [1.54, 1.807) is 73.6 Å². The molecule has 1 aromatic heterocycles. The van der Waals surface area contributed by atoms with Gasteiger partial charge in [0.1, 0.15) is 12.7 Å². The van der Waals surface area contributed by atoms with Crippen molar-refractivity contribution in [1.29, 1.82) is 0 Å². The highest BCUT2D eigenvalue weighted by molar-refractivity contribution is 6.04. The van der Waals surface area contributed by atoms with Gasteiger partial charge in [0.15, 0.2) is 0 Å². The Morgan fingerprint density at radius 2 is 1.60 bits per heavy atom. The van der Waals surface area contributed by atoms with Gasteiger partial charge >= 0.3 is 0 Å². The number of amides is 2. The fraction of sp³-hybridized carbons (Fsp3) is 0.111. The maximum absolute atomic E-state index is 12.3. The summed E-state index contributed by atoms with van der Waals surface area (Å²) in [6, 6.07) is 13.8. The summed E-state index contributed by atoms with van der Waals surface area (Å²) in [5.41, 5.74) is 2.54. The lowest BCUT2D eigenvalue weighted by atomic mass is 10.1. The van der Waals surface area contributed by atoms with Gasteiger partial charge in [-0.25, -0.2) is 9.67 Å². The quantitative estimate of drug-likeness (QED) is 0.793. The van der Waals surface area contributed by atoms with Crippen LogP contribution in [0.15, 0.2) is 61.2 Å². The van der Waals surface area contributed by atoms with Gasteiger partial charge in [-0.15, -0.1) is 0 Å². The number of anilines is 1. The molecule has 0 spiro atoms. The number of nitrogens with zero attached hydrogens (tertiary/aromatic N) is 4. The van der Waals surface area contributed by atoms with E-state index < -0.39 is 0 Å². The second-order valence-electron chi connectivity index (χ2n) is 5.62. The van der Waals surface area contributed by atoms with E-state index in [1.165, 1.54) is 11.2 Å². The Bertz CT molecular complexity index is 869. The van der Waals surface area contributed by atoms with Crippen molar-refractivity contribution in [3.8, 4) is 5.69 Å². The van der Waals surface area contributed by atoms with Crippen LogP contribution < -0.4 is 5.32 Å². The van der Waals surface area contributed by atoms with E-state index in [-0.39, 0.29) is 11.8 Å². The van der Waals surface area contributed by atoms with Crippen LogP contribution in [-0.2, 0) is 0 Å². The van der Waals surface area contributed by atoms with Crippen molar-refractivity contribution in [1.82, 2.24) is 19.7 Å². The molecule has 2 aromatic carbocycles. The van der Waals surface area contributed by atoms with Gasteiger partial charge in [-0.05, 0) is 48.5 Å². The summed E-state index contributed by atoms with van der Waals surface area (Å²) >= 11 is 0.